The van der Waals surface area contributed by atoms with E-state index in [0.717, 1.165) is 17.7 Å². The Bertz CT molecular complexity index is 525. The molecule has 0 saturated carbocycles. The summed E-state index contributed by atoms with van der Waals surface area (Å²) in [4.78, 5) is 17.8. The number of benzene rings is 2. The molecule has 0 unspecified atom stereocenters. The molecule has 20 heavy (non-hydrogen) atoms. The van der Waals surface area contributed by atoms with Crippen LogP contribution in [-0.4, -0.2) is 12.5 Å². The Morgan fingerprint density at radius 3 is 2.20 bits per heavy atom. The Labute approximate surface area is 119 Å². The normalized spacial score (nSPS) is 10.2. The molecule has 0 aliphatic heterocycles. The summed E-state index contributed by atoms with van der Waals surface area (Å²) < 4.78 is 0. The van der Waals surface area contributed by atoms with Crippen LogP contribution in [0.4, 0.5) is 5.69 Å². The van der Waals surface area contributed by atoms with Crippen LogP contribution in [-0.2, 0) is 16.1 Å². The number of carbonyl (C=O) groups is 1. The molecule has 0 saturated heterocycles. The Kier molecular flexibility index (Phi) is 5.33. The summed E-state index contributed by atoms with van der Waals surface area (Å²) in [5.74, 6) is -0.0260. The van der Waals surface area contributed by atoms with E-state index in [2.05, 4.69) is 0 Å². The van der Waals surface area contributed by atoms with Crippen LogP contribution < -0.4 is 5.06 Å². The number of anilines is 1. The van der Waals surface area contributed by atoms with Gasteiger partial charge < -0.3 is 0 Å². The number of aryl methyl sites for hydroxylation is 1. The smallest absolute Gasteiger partial charge is 0.251 e. The van der Waals surface area contributed by atoms with Crippen LogP contribution in [0.15, 0.2) is 60.7 Å². The van der Waals surface area contributed by atoms with Gasteiger partial charge in [-0.05, 0) is 31.0 Å². The van der Waals surface area contributed by atoms with Gasteiger partial charge in [-0.1, -0.05) is 48.5 Å². The SMILES string of the molecule is CCON(C(=O)CCc1ccccc1)c1ccccc1. The quantitative estimate of drug-likeness (QED) is 0.750. The predicted octanol–water partition coefficient (Wildman–Crippen LogP) is 3.60. The third kappa shape index (κ3) is 3.93. The molecule has 0 bridgehead atoms. The molecule has 0 spiro atoms. The molecule has 2 aromatic carbocycles. The van der Waals surface area contributed by atoms with Gasteiger partial charge in [-0.15, -0.1) is 0 Å². The minimum Gasteiger partial charge on any atom is -0.272 e. The van der Waals surface area contributed by atoms with Crippen molar-refractivity contribution in [3.63, 3.8) is 0 Å². The summed E-state index contributed by atoms with van der Waals surface area (Å²) in [7, 11) is 0. The monoisotopic (exact) mass is 269 g/mol. The topological polar surface area (TPSA) is 29.5 Å². The van der Waals surface area contributed by atoms with Gasteiger partial charge in [0.05, 0.1) is 12.3 Å². The zero-order valence-electron chi connectivity index (χ0n) is 11.7. The van der Waals surface area contributed by atoms with Crippen LogP contribution in [0.2, 0.25) is 0 Å². The molecule has 2 aromatic rings. The first kappa shape index (κ1) is 14.3. The summed E-state index contributed by atoms with van der Waals surface area (Å²) in [6, 6.07) is 19.4. The second-order valence-electron chi connectivity index (χ2n) is 4.43. The molecule has 104 valence electrons. The molecule has 2 rings (SSSR count). The molecule has 0 N–H and O–H groups in total. The van der Waals surface area contributed by atoms with Gasteiger partial charge in [-0.2, -0.15) is 5.06 Å². The average Bonchev–Trinajstić information content (AvgIpc) is 2.52. The van der Waals surface area contributed by atoms with Crippen LogP contribution in [0.25, 0.3) is 0 Å². The van der Waals surface area contributed by atoms with Crippen molar-refractivity contribution in [2.75, 3.05) is 11.7 Å². The molecule has 0 aliphatic carbocycles. The Balaban J connectivity index is 2.01. The van der Waals surface area contributed by atoms with Crippen molar-refractivity contribution in [2.24, 2.45) is 0 Å². The minimum atomic E-state index is -0.0260. The third-order valence-electron chi connectivity index (χ3n) is 2.95. The summed E-state index contributed by atoms with van der Waals surface area (Å²) in [6.45, 7) is 2.34. The highest BCUT2D eigenvalue weighted by atomic mass is 16.7. The molecule has 0 atom stereocenters. The lowest BCUT2D eigenvalue weighted by Crippen LogP contribution is -2.31. The zero-order valence-corrected chi connectivity index (χ0v) is 11.7. The van der Waals surface area contributed by atoms with E-state index in [-0.39, 0.29) is 5.91 Å². The first-order valence-corrected chi connectivity index (χ1v) is 6.86. The number of amides is 1. The number of hydrogen-bond acceptors (Lipinski definition) is 2. The maximum Gasteiger partial charge on any atom is 0.251 e. The van der Waals surface area contributed by atoms with Gasteiger partial charge in [0, 0.05) is 6.42 Å². The maximum absolute atomic E-state index is 12.3. The Hall–Kier alpha value is -2.13. The van der Waals surface area contributed by atoms with Crippen LogP contribution in [0.1, 0.15) is 18.9 Å². The van der Waals surface area contributed by atoms with Gasteiger partial charge in [-0.25, -0.2) is 0 Å². The van der Waals surface area contributed by atoms with E-state index in [0.29, 0.717) is 13.0 Å². The fraction of sp³-hybridized carbons (Fsp3) is 0.235. The van der Waals surface area contributed by atoms with Crippen molar-refractivity contribution in [1.82, 2.24) is 0 Å². The highest BCUT2D eigenvalue weighted by Crippen LogP contribution is 2.16. The van der Waals surface area contributed by atoms with Gasteiger partial charge in [0.25, 0.3) is 5.91 Å². The molecule has 3 heteroatoms. The molecule has 1 amide bonds. The molecular weight excluding hydrogens is 250 g/mol. The van der Waals surface area contributed by atoms with Gasteiger partial charge >= 0.3 is 0 Å². The van der Waals surface area contributed by atoms with E-state index >= 15 is 0 Å². The fourth-order valence-electron chi connectivity index (χ4n) is 1.98. The summed E-state index contributed by atoms with van der Waals surface area (Å²) in [6.07, 6.45) is 1.15. The second kappa shape index (κ2) is 7.46. The third-order valence-corrected chi connectivity index (χ3v) is 2.95. The standard InChI is InChI=1S/C17H19NO2/c1-2-20-18(16-11-7-4-8-12-16)17(19)14-13-15-9-5-3-6-10-15/h3-12H,2,13-14H2,1H3. The minimum absolute atomic E-state index is 0.0260. The molecule has 0 fully saturated rings. The first-order chi connectivity index (χ1) is 9.81. The average molecular weight is 269 g/mol. The molecule has 0 radical (unpaired) electrons. The Morgan fingerprint density at radius 1 is 1.00 bits per heavy atom. The largest absolute Gasteiger partial charge is 0.272 e. The van der Waals surface area contributed by atoms with Gasteiger partial charge in [0.1, 0.15) is 0 Å². The van der Waals surface area contributed by atoms with E-state index in [1.54, 1.807) is 0 Å². The number of carbonyl (C=O) groups excluding carboxylic acids is 1. The van der Waals surface area contributed by atoms with Gasteiger partial charge in [0.15, 0.2) is 0 Å². The van der Waals surface area contributed by atoms with Crippen LogP contribution in [0.3, 0.4) is 0 Å². The first-order valence-electron chi connectivity index (χ1n) is 6.86. The maximum atomic E-state index is 12.3. The predicted molar refractivity (Wildman–Crippen MR) is 80.3 cm³/mol. The van der Waals surface area contributed by atoms with E-state index in [4.69, 9.17) is 4.84 Å². The summed E-state index contributed by atoms with van der Waals surface area (Å²) >= 11 is 0. The number of rotatable bonds is 6. The van der Waals surface area contributed by atoms with Crippen molar-refractivity contribution in [2.45, 2.75) is 19.8 Å². The second-order valence-corrected chi connectivity index (χ2v) is 4.43. The van der Waals surface area contributed by atoms with E-state index in [9.17, 15) is 4.79 Å². The van der Waals surface area contributed by atoms with Crippen molar-refractivity contribution in [3.8, 4) is 0 Å². The Morgan fingerprint density at radius 2 is 1.60 bits per heavy atom. The van der Waals surface area contributed by atoms with Crippen molar-refractivity contribution in [3.05, 3.63) is 66.2 Å². The van der Waals surface area contributed by atoms with Crippen molar-refractivity contribution >= 4 is 11.6 Å². The number of hydroxylamine groups is 1. The van der Waals surface area contributed by atoms with Crippen LogP contribution in [0, 0.1) is 0 Å². The molecule has 0 heterocycles. The lowest BCUT2D eigenvalue weighted by Gasteiger charge is -2.21. The molecule has 0 aliphatic rings. The summed E-state index contributed by atoms with van der Waals surface area (Å²) in [5, 5.41) is 1.39. The molecular formula is C17H19NO2. The van der Waals surface area contributed by atoms with Gasteiger partial charge in [-0.3, -0.25) is 9.63 Å². The highest BCUT2D eigenvalue weighted by Gasteiger charge is 2.15. The molecule has 3 nitrogen and oxygen atoms in total. The lowest BCUT2D eigenvalue weighted by molar-refractivity contribution is -0.125. The van der Waals surface area contributed by atoms with E-state index in [1.165, 1.54) is 5.06 Å². The zero-order chi connectivity index (χ0) is 14.2. The highest BCUT2D eigenvalue weighted by molar-refractivity contribution is 5.91. The van der Waals surface area contributed by atoms with Crippen molar-refractivity contribution < 1.29 is 9.63 Å². The summed E-state index contributed by atoms with van der Waals surface area (Å²) in [5.41, 5.74) is 1.93. The number of nitrogens with zero attached hydrogens (tertiary/aromatic N) is 1. The molecule has 0 aromatic heterocycles. The number of para-hydroxylation sites is 1. The lowest BCUT2D eigenvalue weighted by atomic mass is 10.1. The van der Waals surface area contributed by atoms with E-state index in [1.807, 2.05) is 67.6 Å². The van der Waals surface area contributed by atoms with Gasteiger partial charge in [0.2, 0.25) is 0 Å². The van der Waals surface area contributed by atoms with E-state index < -0.39 is 0 Å². The van der Waals surface area contributed by atoms with Crippen LogP contribution >= 0.6 is 0 Å². The number of hydrogen-bond donors (Lipinski definition) is 0. The fourth-order valence-corrected chi connectivity index (χ4v) is 1.98. The van der Waals surface area contributed by atoms with Crippen molar-refractivity contribution in [1.29, 1.82) is 0 Å². The van der Waals surface area contributed by atoms with Crippen LogP contribution in [0.5, 0.6) is 0 Å².